The molecule has 4 heteroatoms. The molecular weight excluding hydrogens is 256 g/mol. The maximum absolute atomic E-state index is 12.6. The molecule has 106 valence electrons. The average Bonchev–Trinajstić information content (AvgIpc) is 2.82. The second kappa shape index (κ2) is 6.53. The summed E-state index contributed by atoms with van der Waals surface area (Å²) in [6.07, 6.45) is 3.26. The third-order valence-corrected chi connectivity index (χ3v) is 4.95. The molecule has 1 aromatic rings. The van der Waals surface area contributed by atoms with Gasteiger partial charge in [0.1, 0.15) is 0 Å². The highest BCUT2D eigenvalue weighted by atomic mass is 32.1. The quantitative estimate of drug-likeness (QED) is 0.919. The molecule has 1 aromatic heterocycles. The van der Waals surface area contributed by atoms with Crippen LogP contribution < -0.4 is 5.32 Å². The first-order chi connectivity index (χ1) is 9.17. The SMILES string of the molecule is CCCc1sc(C(=O)N2CCNCC2C)cc1CC. The molecule has 3 nitrogen and oxygen atoms in total. The van der Waals surface area contributed by atoms with Gasteiger partial charge in [-0.25, -0.2) is 0 Å². The molecule has 19 heavy (non-hydrogen) atoms. The predicted molar refractivity (Wildman–Crippen MR) is 81.1 cm³/mol. The summed E-state index contributed by atoms with van der Waals surface area (Å²) in [5, 5.41) is 3.33. The molecule has 0 spiro atoms. The Morgan fingerprint density at radius 3 is 2.95 bits per heavy atom. The molecule has 0 radical (unpaired) electrons. The zero-order valence-electron chi connectivity index (χ0n) is 12.2. The highest BCUT2D eigenvalue weighted by molar-refractivity contribution is 7.14. The molecule has 1 amide bonds. The van der Waals surface area contributed by atoms with Gasteiger partial charge in [-0.15, -0.1) is 11.3 Å². The fourth-order valence-corrected chi connectivity index (χ4v) is 3.91. The molecule has 0 bridgehead atoms. The number of nitrogens with zero attached hydrogens (tertiary/aromatic N) is 1. The van der Waals surface area contributed by atoms with Crippen LogP contribution in [0.3, 0.4) is 0 Å². The number of hydrogen-bond acceptors (Lipinski definition) is 3. The van der Waals surface area contributed by atoms with Crippen molar-refractivity contribution in [3.63, 3.8) is 0 Å². The number of aryl methyl sites for hydroxylation is 2. The minimum Gasteiger partial charge on any atom is -0.333 e. The summed E-state index contributed by atoms with van der Waals surface area (Å²) in [5.41, 5.74) is 1.36. The van der Waals surface area contributed by atoms with E-state index in [1.165, 1.54) is 10.4 Å². The molecule has 0 aromatic carbocycles. The van der Waals surface area contributed by atoms with E-state index in [1.807, 2.05) is 4.90 Å². The van der Waals surface area contributed by atoms with Crippen LogP contribution >= 0.6 is 11.3 Å². The van der Waals surface area contributed by atoms with Gasteiger partial charge >= 0.3 is 0 Å². The molecule has 2 rings (SSSR count). The first-order valence-corrected chi connectivity index (χ1v) is 8.12. The van der Waals surface area contributed by atoms with Crippen LogP contribution in [-0.2, 0) is 12.8 Å². The van der Waals surface area contributed by atoms with Gasteiger partial charge in [0, 0.05) is 30.6 Å². The van der Waals surface area contributed by atoms with Crippen molar-refractivity contribution in [1.29, 1.82) is 0 Å². The van der Waals surface area contributed by atoms with Crippen LogP contribution in [0.4, 0.5) is 0 Å². The average molecular weight is 280 g/mol. The van der Waals surface area contributed by atoms with Gasteiger partial charge in [-0.1, -0.05) is 20.3 Å². The maximum Gasteiger partial charge on any atom is 0.264 e. The zero-order valence-corrected chi connectivity index (χ0v) is 13.0. The van der Waals surface area contributed by atoms with Crippen LogP contribution in [-0.4, -0.2) is 36.5 Å². The number of hydrogen-bond donors (Lipinski definition) is 1. The highest BCUT2D eigenvalue weighted by Gasteiger charge is 2.25. The standard InChI is InChI=1S/C15H24N2OS/c1-4-6-13-12(5-2)9-14(19-13)15(18)17-8-7-16-10-11(17)3/h9,11,16H,4-8,10H2,1-3H3. The van der Waals surface area contributed by atoms with E-state index in [0.717, 1.165) is 43.8 Å². The number of thiophene rings is 1. The molecule has 0 saturated carbocycles. The number of carbonyl (C=O) groups is 1. The third kappa shape index (κ3) is 3.18. The first kappa shape index (κ1) is 14.5. The number of piperazine rings is 1. The lowest BCUT2D eigenvalue weighted by molar-refractivity contribution is 0.0661. The van der Waals surface area contributed by atoms with Crippen molar-refractivity contribution in [2.45, 2.75) is 46.1 Å². The number of carbonyl (C=O) groups excluding carboxylic acids is 1. The topological polar surface area (TPSA) is 32.3 Å². The Morgan fingerprint density at radius 2 is 2.32 bits per heavy atom. The first-order valence-electron chi connectivity index (χ1n) is 7.30. The highest BCUT2D eigenvalue weighted by Crippen LogP contribution is 2.26. The number of rotatable bonds is 4. The summed E-state index contributed by atoms with van der Waals surface area (Å²) >= 11 is 1.70. The zero-order chi connectivity index (χ0) is 13.8. The Kier molecular flexibility index (Phi) is 4.99. The Balaban J connectivity index is 2.18. The van der Waals surface area contributed by atoms with Gasteiger partial charge in [0.25, 0.3) is 5.91 Å². The van der Waals surface area contributed by atoms with Gasteiger partial charge in [-0.2, -0.15) is 0 Å². The van der Waals surface area contributed by atoms with Crippen molar-refractivity contribution < 1.29 is 4.79 Å². The van der Waals surface area contributed by atoms with Crippen LogP contribution in [0.1, 0.15) is 47.3 Å². The summed E-state index contributed by atoms with van der Waals surface area (Å²) in [4.78, 5) is 16.9. The van der Waals surface area contributed by atoms with Crippen LogP contribution in [0.5, 0.6) is 0 Å². The van der Waals surface area contributed by atoms with Crippen molar-refractivity contribution in [2.75, 3.05) is 19.6 Å². The van der Waals surface area contributed by atoms with Crippen LogP contribution in [0, 0.1) is 0 Å². The second-order valence-corrected chi connectivity index (χ2v) is 6.35. The fourth-order valence-electron chi connectivity index (χ4n) is 2.59. The van der Waals surface area contributed by atoms with E-state index in [4.69, 9.17) is 0 Å². The van der Waals surface area contributed by atoms with E-state index in [9.17, 15) is 4.79 Å². The molecule has 1 aliphatic heterocycles. The number of nitrogens with one attached hydrogen (secondary N) is 1. The lowest BCUT2D eigenvalue weighted by Crippen LogP contribution is -2.52. The van der Waals surface area contributed by atoms with E-state index < -0.39 is 0 Å². The number of amides is 1. The molecule has 1 N–H and O–H groups in total. The van der Waals surface area contributed by atoms with Gasteiger partial charge in [-0.3, -0.25) is 4.79 Å². The van der Waals surface area contributed by atoms with Gasteiger partial charge < -0.3 is 10.2 Å². The molecule has 1 aliphatic rings. The smallest absolute Gasteiger partial charge is 0.264 e. The lowest BCUT2D eigenvalue weighted by Gasteiger charge is -2.33. The van der Waals surface area contributed by atoms with E-state index in [0.29, 0.717) is 6.04 Å². The van der Waals surface area contributed by atoms with Crippen molar-refractivity contribution in [2.24, 2.45) is 0 Å². The molecule has 1 atom stereocenters. The minimum atomic E-state index is 0.219. The van der Waals surface area contributed by atoms with E-state index in [1.54, 1.807) is 11.3 Å². The molecular formula is C15H24N2OS. The molecule has 1 saturated heterocycles. The largest absolute Gasteiger partial charge is 0.333 e. The van der Waals surface area contributed by atoms with Crippen LogP contribution in [0.25, 0.3) is 0 Å². The Bertz CT molecular complexity index is 441. The predicted octanol–water partition coefficient (Wildman–Crippen LogP) is 2.70. The van der Waals surface area contributed by atoms with Gasteiger partial charge in [0.15, 0.2) is 0 Å². The van der Waals surface area contributed by atoms with Crippen molar-refractivity contribution in [3.05, 3.63) is 21.4 Å². The molecule has 1 unspecified atom stereocenters. The second-order valence-electron chi connectivity index (χ2n) is 5.21. The summed E-state index contributed by atoms with van der Waals surface area (Å²) in [6.45, 7) is 9.11. The van der Waals surface area contributed by atoms with Crippen molar-refractivity contribution in [3.8, 4) is 0 Å². The summed E-state index contributed by atoms with van der Waals surface area (Å²) < 4.78 is 0. The fraction of sp³-hybridized carbons (Fsp3) is 0.667. The molecule has 0 aliphatic carbocycles. The van der Waals surface area contributed by atoms with Gasteiger partial charge in [0.05, 0.1) is 4.88 Å². The third-order valence-electron chi connectivity index (χ3n) is 3.73. The van der Waals surface area contributed by atoms with E-state index >= 15 is 0 Å². The summed E-state index contributed by atoms with van der Waals surface area (Å²) in [5.74, 6) is 0.219. The molecule has 2 heterocycles. The van der Waals surface area contributed by atoms with Crippen LogP contribution in [0.2, 0.25) is 0 Å². The Hall–Kier alpha value is -0.870. The summed E-state index contributed by atoms with van der Waals surface area (Å²) in [7, 11) is 0. The molecule has 1 fully saturated rings. The van der Waals surface area contributed by atoms with E-state index in [2.05, 4.69) is 32.2 Å². The van der Waals surface area contributed by atoms with Gasteiger partial charge in [0.2, 0.25) is 0 Å². The van der Waals surface area contributed by atoms with Gasteiger partial charge in [-0.05, 0) is 31.4 Å². The normalized spacial score (nSPS) is 19.7. The van der Waals surface area contributed by atoms with E-state index in [-0.39, 0.29) is 5.91 Å². The van der Waals surface area contributed by atoms with Crippen LogP contribution in [0.15, 0.2) is 6.07 Å². The maximum atomic E-state index is 12.6. The summed E-state index contributed by atoms with van der Waals surface area (Å²) in [6, 6.07) is 2.41. The lowest BCUT2D eigenvalue weighted by atomic mass is 10.1. The Morgan fingerprint density at radius 1 is 1.53 bits per heavy atom. The Labute approximate surface area is 120 Å². The van der Waals surface area contributed by atoms with Crippen molar-refractivity contribution in [1.82, 2.24) is 10.2 Å². The minimum absolute atomic E-state index is 0.219. The monoisotopic (exact) mass is 280 g/mol. The van der Waals surface area contributed by atoms with Crippen molar-refractivity contribution >= 4 is 17.2 Å².